The molecule has 0 spiro atoms. The normalized spacial score (nSPS) is 10.9. The fourth-order valence-electron chi connectivity index (χ4n) is 2.26. The predicted octanol–water partition coefficient (Wildman–Crippen LogP) is 1.82. The topological polar surface area (TPSA) is 79.6 Å². The largest absolute Gasteiger partial charge is 0.465 e. The van der Waals surface area contributed by atoms with Crippen molar-refractivity contribution >= 4 is 21.6 Å². The molecule has 0 saturated carbocycles. The molecule has 1 N–H and O–H groups in total. The highest BCUT2D eigenvalue weighted by atomic mass is 32.2. The summed E-state index contributed by atoms with van der Waals surface area (Å²) in [5.41, 5.74) is 0.831. The molecule has 1 heterocycles. The lowest BCUT2D eigenvalue weighted by atomic mass is 10.2. The zero-order chi connectivity index (χ0) is 17.9. The lowest BCUT2D eigenvalue weighted by Crippen LogP contribution is -2.39. The number of rotatable bonds is 5. The van der Waals surface area contributed by atoms with Gasteiger partial charge < -0.3 is 9.73 Å². The SMILES string of the molecule is C#Cc1cccc(N(CC(=O)NC)S(=O)(=O)c2cc(C)oc2C)c1. The number of terminal acetylenes is 1. The van der Waals surface area contributed by atoms with Crippen molar-refractivity contribution in [1.82, 2.24) is 5.32 Å². The number of benzene rings is 1. The van der Waals surface area contributed by atoms with Crippen molar-refractivity contribution in [2.24, 2.45) is 0 Å². The maximum Gasteiger partial charge on any atom is 0.268 e. The molecule has 0 saturated heterocycles. The van der Waals surface area contributed by atoms with Crippen LogP contribution in [0.5, 0.6) is 0 Å². The second-order valence-electron chi connectivity index (χ2n) is 5.16. The first-order chi connectivity index (χ1) is 11.3. The van der Waals surface area contributed by atoms with Crippen LogP contribution in [-0.4, -0.2) is 27.9 Å². The Kier molecular flexibility index (Phi) is 5.00. The first-order valence-corrected chi connectivity index (χ1v) is 8.60. The van der Waals surface area contributed by atoms with E-state index in [1.165, 1.54) is 13.1 Å². The Labute approximate surface area is 141 Å². The van der Waals surface area contributed by atoms with Gasteiger partial charge in [-0.15, -0.1) is 6.42 Å². The van der Waals surface area contributed by atoms with Crippen LogP contribution in [0.2, 0.25) is 0 Å². The average molecular weight is 346 g/mol. The third-order valence-corrected chi connectivity index (χ3v) is 5.31. The van der Waals surface area contributed by atoms with Crippen molar-refractivity contribution in [1.29, 1.82) is 0 Å². The Hall–Kier alpha value is -2.72. The summed E-state index contributed by atoms with van der Waals surface area (Å²) in [6.07, 6.45) is 5.38. The number of nitrogens with zero attached hydrogens (tertiary/aromatic N) is 1. The van der Waals surface area contributed by atoms with Crippen molar-refractivity contribution in [2.45, 2.75) is 18.7 Å². The molecule has 7 heteroatoms. The predicted molar refractivity (Wildman–Crippen MR) is 91.2 cm³/mol. The van der Waals surface area contributed by atoms with Crippen molar-refractivity contribution in [3.63, 3.8) is 0 Å². The fraction of sp³-hybridized carbons (Fsp3) is 0.235. The zero-order valence-corrected chi connectivity index (χ0v) is 14.5. The molecule has 0 unspecified atom stereocenters. The first kappa shape index (κ1) is 17.6. The molecule has 0 atom stereocenters. The van der Waals surface area contributed by atoms with E-state index >= 15 is 0 Å². The maximum atomic E-state index is 13.1. The van der Waals surface area contributed by atoms with Crippen molar-refractivity contribution in [3.05, 3.63) is 47.4 Å². The summed E-state index contributed by atoms with van der Waals surface area (Å²) in [5, 5.41) is 2.43. The molecule has 0 bridgehead atoms. The number of sulfonamides is 1. The second-order valence-corrected chi connectivity index (χ2v) is 6.99. The van der Waals surface area contributed by atoms with Gasteiger partial charge in [-0.05, 0) is 32.0 Å². The average Bonchev–Trinajstić information content (AvgIpc) is 2.91. The van der Waals surface area contributed by atoms with Crippen LogP contribution in [0, 0.1) is 26.2 Å². The molecular weight excluding hydrogens is 328 g/mol. The first-order valence-electron chi connectivity index (χ1n) is 7.16. The molecule has 24 heavy (non-hydrogen) atoms. The summed E-state index contributed by atoms with van der Waals surface area (Å²) in [4.78, 5) is 11.9. The highest BCUT2D eigenvalue weighted by molar-refractivity contribution is 7.93. The molecule has 0 aliphatic carbocycles. The standard InChI is InChI=1S/C17H18N2O4S/c1-5-14-7-6-8-15(10-14)19(11-17(20)18-4)24(21,22)16-9-12(2)23-13(16)3/h1,6-10H,11H2,2-4H3,(H,18,20). The number of aryl methyl sites for hydroxylation is 2. The van der Waals surface area contributed by atoms with Gasteiger partial charge in [0.25, 0.3) is 10.0 Å². The lowest BCUT2D eigenvalue weighted by Gasteiger charge is -2.23. The van der Waals surface area contributed by atoms with Gasteiger partial charge in [-0.1, -0.05) is 12.0 Å². The maximum absolute atomic E-state index is 13.1. The van der Waals surface area contributed by atoms with Crippen molar-refractivity contribution < 1.29 is 17.6 Å². The Morgan fingerprint density at radius 2 is 2.04 bits per heavy atom. The van der Waals surface area contributed by atoms with Crippen LogP contribution < -0.4 is 9.62 Å². The third kappa shape index (κ3) is 3.44. The molecule has 0 radical (unpaired) electrons. The summed E-state index contributed by atoms with van der Waals surface area (Å²) >= 11 is 0. The van der Waals surface area contributed by atoms with E-state index in [0.29, 0.717) is 17.0 Å². The molecule has 0 fully saturated rings. The van der Waals surface area contributed by atoms with Gasteiger partial charge in [-0.2, -0.15) is 0 Å². The molecule has 2 rings (SSSR count). The zero-order valence-electron chi connectivity index (χ0n) is 13.7. The fourth-order valence-corrected chi connectivity index (χ4v) is 3.89. The summed E-state index contributed by atoms with van der Waals surface area (Å²) in [7, 11) is -2.54. The molecule has 0 aliphatic rings. The van der Waals surface area contributed by atoms with Crippen LogP contribution in [-0.2, 0) is 14.8 Å². The van der Waals surface area contributed by atoms with Crippen LogP contribution in [0.3, 0.4) is 0 Å². The highest BCUT2D eigenvalue weighted by Crippen LogP contribution is 2.28. The van der Waals surface area contributed by atoms with Gasteiger partial charge in [0.15, 0.2) is 0 Å². The molecule has 6 nitrogen and oxygen atoms in total. The molecule has 1 aromatic heterocycles. The molecule has 126 valence electrons. The van der Waals surface area contributed by atoms with E-state index in [9.17, 15) is 13.2 Å². The van der Waals surface area contributed by atoms with Gasteiger partial charge >= 0.3 is 0 Å². The third-order valence-electron chi connectivity index (χ3n) is 3.43. The number of hydrogen-bond donors (Lipinski definition) is 1. The minimum absolute atomic E-state index is 0.0232. The van der Waals surface area contributed by atoms with E-state index in [-0.39, 0.29) is 17.2 Å². The van der Waals surface area contributed by atoms with E-state index in [4.69, 9.17) is 10.8 Å². The highest BCUT2D eigenvalue weighted by Gasteiger charge is 2.30. The van der Waals surface area contributed by atoms with Gasteiger partial charge in [0.1, 0.15) is 23.0 Å². The number of anilines is 1. The van der Waals surface area contributed by atoms with E-state index in [1.54, 1.807) is 38.1 Å². The monoisotopic (exact) mass is 346 g/mol. The van der Waals surface area contributed by atoms with Gasteiger partial charge in [0.2, 0.25) is 5.91 Å². The van der Waals surface area contributed by atoms with E-state index in [2.05, 4.69) is 11.2 Å². The van der Waals surface area contributed by atoms with E-state index in [0.717, 1.165) is 4.31 Å². The van der Waals surface area contributed by atoms with Gasteiger partial charge in [-0.3, -0.25) is 9.10 Å². The number of furan rings is 1. The number of hydrogen-bond acceptors (Lipinski definition) is 4. The van der Waals surface area contributed by atoms with Gasteiger partial charge in [-0.25, -0.2) is 8.42 Å². The van der Waals surface area contributed by atoms with Gasteiger partial charge in [0.05, 0.1) is 5.69 Å². The molecule has 1 aromatic carbocycles. The Balaban J connectivity index is 2.59. The number of likely N-dealkylation sites (N-methyl/N-ethyl adjacent to an activating group) is 1. The summed E-state index contributed by atoms with van der Waals surface area (Å²) in [6.45, 7) is 2.86. The summed E-state index contributed by atoms with van der Waals surface area (Å²) in [6, 6.07) is 7.89. The number of carbonyl (C=O) groups excluding carboxylic acids is 1. The minimum Gasteiger partial charge on any atom is -0.465 e. The van der Waals surface area contributed by atoms with Crippen LogP contribution in [0.1, 0.15) is 17.1 Å². The smallest absolute Gasteiger partial charge is 0.268 e. The van der Waals surface area contributed by atoms with E-state index < -0.39 is 15.9 Å². The van der Waals surface area contributed by atoms with E-state index in [1.807, 2.05) is 0 Å². The van der Waals surface area contributed by atoms with Crippen LogP contribution in [0.15, 0.2) is 39.6 Å². The molecule has 0 aliphatic heterocycles. The Morgan fingerprint density at radius 1 is 1.33 bits per heavy atom. The van der Waals surface area contributed by atoms with Crippen LogP contribution >= 0.6 is 0 Å². The Bertz CT molecular complexity index is 907. The molecular formula is C17H18N2O4S. The Morgan fingerprint density at radius 3 is 2.58 bits per heavy atom. The number of amides is 1. The van der Waals surface area contributed by atoms with Gasteiger partial charge in [0, 0.05) is 18.7 Å². The summed E-state index contributed by atoms with van der Waals surface area (Å²) < 4.78 is 32.4. The molecule has 1 amide bonds. The van der Waals surface area contributed by atoms with Crippen LogP contribution in [0.25, 0.3) is 0 Å². The molecule has 2 aromatic rings. The summed E-state index contributed by atoms with van der Waals surface area (Å²) in [5.74, 6) is 2.76. The van der Waals surface area contributed by atoms with Crippen molar-refractivity contribution in [2.75, 3.05) is 17.9 Å². The number of nitrogens with one attached hydrogen (secondary N) is 1. The number of carbonyl (C=O) groups is 1. The quantitative estimate of drug-likeness (QED) is 0.838. The lowest BCUT2D eigenvalue weighted by molar-refractivity contribution is -0.119. The van der Waals surface area contributed by atoms with Crippen molar-refractivity contribution in [3.8, 4) is 12.3 Å². The minimum atomic E-state index is -3.98. The second kappa shape index (κ2) is 6.81. The van der Waals surface area contributed by atoms with Crippen LogP contribution in [0.4, 0.5) is 5.69 Å².